The molecule has 3 aliphatic heterocycles. The molecule has 3 aromatic rings. The van der Waals surface area contributed by atoms with Crippen molar-refractivity contribution in [3.8, 4) is 0 Å². The minimum absolute atomic E-state index is 0.0260. The van der Waals surface area contributed by atoms with Crippen LogP contribution in [0.4, 0.5) is 23.0 Å². The Labute approximate surface area is 395 Å². The lowest BCUT2D eigenvalue weighted by atomic mass is 9.73. The standard InChI is InChI=1S/C48H63ClN10O6S/c1-30-21-22-48(42(30)50)23-27-58(28-24-48)36-29-54-45(43(51)56-36)66-35-16-12-15-33(41(35)49)55-38(61)20-19-37(60)53-26-10-8-6-4-2-3-5-7-9-25-52-32-14-11-13-31-40(32)47(65)59(46(31)64)34-17-18-39(62)57-44(34)63/h11-16,29-30,34,42,52H,2-10,17-28,50H2,1H3,(H2,51,56)(H,53,60)(H,55,61)(H,57,62,63). The zero-order chi connectivity index (χ0) is 46.8. The zero-order valence-corrected chi connectivity index (χ0v) is 39.4. The van der Waals surface area contributed by atoms with E-state index in [4.69, 9.17) is 23.1 Å². The maximum atomic E-state index is 13.3. The second kappa shape index (κ2) is 22.5. The molecule has 1 saturated carbocycles. The first-order chi connectivity index (χ1) is 31.8. The molecule has 354 valence electrons. The van der Waals surface area contributed by atoms with Gasteiger partial charge in [0.15, 0.2) is 5.82 Å². The van der Waals surface area contributed by atoms with Crippen LogP contribution in [0.2, 0.25) is 5.02 Å². The predicted molar refractivity (Wildman–Crippen MR) is 256 cm³/mol. The summed E-state index contributed by atoms with van der Waals surface area (Å²) in [7, 11) is 0. The van der Waals surface area contributed by atoms with Crippen molar-refractivity contribution < 1.29 is 28.8 Å². The molecule has 3 unspecified atom stereocenters. The highest BCUT2D eigenvalue weighted by atomic mass is 35.5. The van der Waals surface area contributed by atoms with Crippen LogP contribution in [-0.2, 0) is 19.2 Å². The van der Waals surface area contributed by atoms with Gasteiger partial charge < -0.3 is 32.3 Å². The molecule has 6 amide bonds. The summed E-state index contributed by atoms with van der Waals surface area (Å²) >= 11 is 8.01. The highest BCUT2D eigenvalue weighted by molar-refractivity contribution is 7.99. The van der Waals surface area contributed by atoms with Crippen molar-refractivity contribution in [3.63, 3.8) is 0 Å². The summed E-state index contributed by atoms with van der Waals surface area (Å²) in [6, 6.07) is 9.70. The maximum absolute atomic E-state index is 13.3. The van der Waals surface area contributed by atoms with E-state index in [-0.39, 0.29) is 60.1 Å². The van der Waals surface area contributed by atoms with Gasteiger partial charge in [-0.05, 0) is 80.5 Å². The number of nitrogen functional groups attached to an aromatic ring is 1. The van der Waals surface area contributed by atoms with E-state index in [0.717, 1.165) is 94.4 Å². The number of piperidine rings is 2. The summed E-state index contributed by atoms with van der Waals surface area (Å²) in [6.45, 7) is 5.22. The molecule has 0 bridgehead atoms. The highest BCUT2D eigenvalue weighted by Gasteiger charge is 2.47. The number of aromatic nitrogens is 2. The third-order valence-corrected chi connectivity index (χ3v) is 15.3. The van der Waals surface area contributed by atoms with Gasteiger partial charge in [0, 0.05) is 62.1 Å². The van der Waals surface area contributed by atoms with Gasteiger partial charge in [0.2, 0.25) is 23.6 Å². The van der Waals surface area contributed by atoms with Gasteiger partial charge >= 0.3 is 0 Å². The number of fused-ring (bicyclic) bond motifs is 1. The van der Waals surface area contributed by atoms with Gasteiger partial charge in [0.05, 0.1) is 28.0 Å². The number of carbonyl (C=O) groups excluding carboxylic acids is 6. The number of nitrogens with zero attached hydrogens (tertiary/aromatic N) is 4. The number of nitrogens with two attached hydrogens (primary N) is 2. The molecule has 4 heterocycles. The van der Waals surface area contributed by atoms with Gasteiger partial charge in [-0.2, -0.15) is 0 Å². The van der Waals surface area contributed by atoms with Crippen LogP contribution in [0.25, 0.3) is 0 Å². The van der Waals surface area contributed by atoms with E-state index >= 15 is 0 Å². The summed E-state index contributed by atoms with van der Waals surface area (Å²) < 4.78 is 0. The van der Waals surface area contributed by atoms with Gasteiger partial charge in [-0.3, -0.25) is 39.0 Å². The van der Waals surface area contributed by atoms with E-state index in [2.05, 4.69) is 43.1 Å². The number of anilines is 4. The Balaban J connectivity index is 0.713. The third kappa shape index (κ3) is 11.6. The van der Waals surface area contributed by atoms with Gasteiger partial charge in [-0.15, -0.1) is 0 Å². The molecule has 16 nitrogen and oxygen atoms in total. The smallest absolute Gasteiger partial charge is 0.264 e. The van der Waals surface area contributed by atoms with Crippen LogP contribution in [0.15, 0.2) is 52.5 Å². The van der Waals surface area contributed by atoms with Crippen LogP contribution >= 0.6 is 23.4 Å². The number of rotatable bonds is 21. The average molecular weight is 944 g/mol. The molecule has 66 heavy (non-hydrogen) atoms. The quantitative estimate of drug-likeness (QED) is 0.0464. The number of nitrogens with one attached hydrogen (secondary N) is 4. The fraction of sp³-hybridized carbons (Fsp3) is 0.542. The normalized spacial score (nSPS) is 20.1. The van der Waals surface area contributed by atoms with Crippen molar-refractivity contribution in [1.82, 2.24) is 25.5 Å². The minimum Gasteiger partial charge on any atom is -0.384 e. The summed E-state index contributed by atoms with van der Waals surface area (Å²) in [5.74, 6) is -0.888. The average Bonchev–Trinajstić information content (AvgIpc) is 3.72. The molecule has 3 atom stereocenters. The second-order valence-corrected chi connectivity index (χ2v) is 19.6. The van der Waals surface area contributed by atoms with E-state index in [9.17, 15) is 28.8 Å². The summed E-state index contributed by atoms with van der Waals surface area (Å²) in [6.07, 6.45) is 15.9. The highest BCUT2D eigenvalue weighted by Crippen LogP contribution is 2.48. The molecule has 0 radical (unpaired) electrons. The molecule has 1 aromatic heterocycles. The predicted octanol–water partition coefficient (Wildman–Crippen LogP) is 7.07. The third-order valence-electron chi connectivity index (χ3n) is 13.7. The number of carbonyl (C=O) groups is 6. The molecule has 1 aliphatic carbocycles. The topological polar surface area (TPSA) is 235 Å². The molecule has 7 rings (SSSR count). The first-order valence-corrected chi connectivity index (χ1v) is 24.8. The van der Waals surface area contributed by atoms with Gasteiger partial charge in [0.25, 0.3) is 11.8 Å². The number of halogens is 1. The fourth-order valence-electron chi connectivity index (χ4n) is 9.76. The first kappa shape index (κ1) is 48.7. The number of hydrogen-bond acceptors (Lipinski definition) is 13. The van der Waals surface area contributed by atoms with Gasteiger partial charge in [-0.1, -0.05) is 87.4 Å². The molecule has 4 aliphatic rings. The van der Waals surface area contributed by atoms with Crippen LogP contribution in [0, 0.1) is 11.3 Å². The largest absolute Gasteiger partial charge is 0.384 e. The van der Waals surface area contributed by atoms with E-state index in [1.165, 1.54) is 24.6 Å². The number of amides is 6. The van der Waals surface area contributed by atoms with Crippen molar-refractivity contribution in [2.75, 3.05) is 47.4 Å². The van der Waals surface area contributed by atoms with Crippen LogP contribution in [0.5, 0.6) is 0 Å². The molecule has 1 spiro atoms. The summed E-state index contributed by atoms with van der Waals surface area (Å²) in [5, 5.41) is 12.2. The fourth-order valence-corrected chi connectivity index (χ4v) is 10.9. The monoisotopic (exact) mass is 942 g/mol. The van der Waals surface area contributed by atoms with E-state index in [1.54, 1.807) is 36.5 Å². The van der Waals surface area contributed by atoms with E-state index in [0.29, 0.717) is 51.1 Å². The second-order valence-electron chi connectivity index (χ2n) is 18.2. The lowest BCUT2D eigenvalue weighted by Crippen LogP contribution is -2.54. The summed E-state index contributed by atoms with van der Waals surface area (Å²) in [5.41, 5.74) is 14.8. The first-order valence-electron chi connectivity index (χ1n) is 23.6. The Morgan fingerprint density at radius 3 is 2.21 bits per heavy atom. The molecular formula is C48H63ClN10O6S. The number of hydrogen-bond donors (Lipinski definition) is 6. The zero-order valence-electron chi connectivity index (χ0n) is 37.8. The van der Waals surface area contributed by atoms with Crippen molar-refractivity contribution in [3.05, 3.63) is 58.7 Å². The number of benzene rings is 2. The van der Waals surface area contributed by atoms with Gasteiger partial charge in [0.1, 0.15) is 16.9 Å². The van der Waals surface area contributed by atoms with Crippen LogP contribution in [0.3, 0.4) is 0 Å². The molecule has 18 heteroatoms. The van der Waals surface area contributed by atoms with Crippen molar-refractivity contribution in [2.45, 2.75) is 138 Å². The van der Waals surface area contributed by atoms with Crippen LogP contribution < -0.4 is 37.6 Å². The van der Waals surface area contributed by atoms with E-state index in [1.807, 2.05) is 6.07 Å². The Hall–Kier alpha value is -5.26. The SMILES string of the molecule is CC1CCC2(CCN(c3cnc(Sc4cccc(NC(=O)CCC(=O)NCCCCCCCCCCCNc5cccc6c5C(=O)N(C5CCC(=O)NC5=O)C6=O)c4Cl)c(N)n3)CC2)C1N. The van der Waals surface area contributed by atoms with Crippen molar-refractivity contribution >= 4 is 81.8 Å². The Morgan fingerprint density at radius 1 is 0.864 bits per heavy atom. The molecule has 3 fully saturated rings. The van der Waals surface area contributed by atoms with Crippen LogP contribution in [0.1, 0.15) is 137 Å². The maximum Gasteiger partial charge on any atom is 0.264 e. The Morgan fingerprint density at radius 2 is 1.53 bits per heavy atom. The van der Waals surface area contributed by atoms with Crippen LogP contribution in [-0.4, -0.2) is 88.6 Å². The molecule has 8 N–H and O–H groups in total. The molecule has 2 saturated heterocycles. The lowest BCUT2D eigenvalue weighted by Gasteiger charge is -2.43. The summed E-state index contributed by atoms with van der Waals surface area (Å²) in [4.78, 5) is 88.8. The Kier molecular flexibility index (Phi) is 16.6. The number of imide groups is 2. The molecule has 2 aromatic carbocycles. The lowest BCUT2D eigenvalue weighted by molar-refractivity contribution is -0.136. The van der Waals surface area contributed by atoms with Gasteiger partial charge in [-0.25, -0.2) is 9.97 Å². The number of unbranched alkanes of at least 4 members (excludes halogenated alkanes) is 8. The Bertz CT molecular complexity index is 2290. The minimum atomic E-state index is -0.988. The van der Waals surface area contributed by atoms with Crippen molar-refractivity contribution in [2.24, 2.45) is 17.1 Å². The van der Waals surface area contributed by atoms with Crippen molar-refractivity contribution in [1.29, 1.82) is 0 Å². The van der Waals surface area contributed by atoms with E-state index < -0.39 is 29.7 Å². The molecular weight excluding hydrogens is 880 g/mol.